The molecule has 1 atom stereocenters. The molecule has 1 fully saturated rings. The van der Waals surface area contributed by atoms with Gasteiger partial charge in [0.1, 0.15) is 0 Å². The van der Waals surface area contributed by atoms with Crippen molar-refractivity contribution in [1.29, 1.82) is 0 Å². The summed E-state index contributed by atoms with van der Waals surface area (Å²) in [5.41, 5.74) is -0.192. The summed E-state index contributed by atoms with van der Waals surface area (Å²) in [5, 5.41) is 4.91. The third-order valence-corrected chi connectivity index (χ3v) is 4.36. The minimum Gasteiger partial charge on any atom is -0.350 e. The zero-order chi connectivity index (χ0) is 14.7. The molecule has 1 aliphatic heterocycles. The van der Waals surface area contributed by atoms with Crippen LogP contribution in [0.5, 0.6) is 0 Å². The highest BCUT2D eigenvalue weighted by atomic mass is 32.1. The molecule has 2 aromatic heterocycles. The number of thiophene rings is 1. The number of amides is 1. The molecule has 2 N–H and O–H groups in total. The van der Waals surface area contributed by atoms with Gasteiger partial charge in [0, 0.05) is 31.5 Å². The van der Waals surface area contributed by atoms with E-state index < -0.39 is 0 Å². The van der Waals surface area contributed by atoms with Crippen LogP contribution >= 0.6 is 11.3 Å². The number of carbonyl (C=O) groups excluding carboxylic acids is 1. The van der Waals surface area contributed by atoms with Crippen molar-refractivity contribution in [1.82, 2.24) is 15.3 Å². The van der Waals surface area contributed by atoms with Crippen LogP contribution in [0.4, 0.5) is 5.82 Å². The molecule has 0 bridgehead atoms. The highest BCUT2D eigenvalue weighted by molar-refractivity contribution is 7.12. The van der Waals surface area contributed by atoms with Crippen LogP contribution in [-0.2, 0) is 0 Å². The van der Waals surface area contributed by atoms with E-state index >= 15 is 0 Å². The molecule has 1 aliphatic rings. The van der Waals surface area contributed by atoms with E-state index in [1.807, 2.05) is 22.4 Å². The number of nitrogens with one attached hydrogen (secondary N) is 2. The van der Waals surface area contributed by atoms with Gasteiger partial charge in [-0.3, -0.25) is 9.59 Å². The van der Waals surface area contributed by atoms with Gasteiger partial charge in [0.15, 0.2) is 5.82 Å². The number of H-pyrrole nitrogens is 1. The second-order valence-corrected chi connectivity index (χ2v) is 5.93. The Morgan fingerprint density at radius 3 is 3.19 bits per heavy atom. The Hall–Kier alpha value is -2.15. The normalized spacial score (nSPS) is 18.5. The molecule has 0 radical (unpaired) electrons. The first-order valence-corrected chi connectivity index (χ1v) is 7.75. The molecule has 0 aliphatic carbocycles. The van der Waals surface area contributed by atoms with Crippen molar-refractivity contribution in [2.75, 3.05) is 18.0 Å². The number of piperidine rings is 1. The molecule has 0 unspecified atom stereocenters. The molecule has 3 heterocycles. The predicted molar refractivity (Wildman–Crippen MR) is 81.9 cm³/mol. The van der Waals surface area contributed by atoms with Crippen LogP contribution in [0.1, 0.15) is 22.5 Å². The number of carbonyl (C=O) groups is 1. The summed E-state index contributed by atoms with van der Waals surface area (Å²) in [7, 11) is 0. The molecule has 0 aromatic carbocycles. The van der Waals surface area contributed by atoms with Crippen LogP contribution in [0, 0.1) is 0 Å². The van der Waals surface area contributed by atoms with E-state index in [1.54, 1.807) is 6.20 Å². The second kappa shape index (κ2) is 6.09. The minimum absolute atomic E-state index is 0.0368. The van der Waals surface area contributed by atoms with Gasteiger partial charge < -0.3 is 15.2 Å². The predicted octanol–water partition coefficient (Wildman–Crippen LogP) is 1.23. The van der Waals surface area contributed by atoms with Crippen molar-refractivity contribution in [3.8, 4) is 0 Å². The van der Waals surface area contributed by atoms with Gasteiger partial charge in [-0.2, -0.15) is 0 Å². The summed E-state index contributed by atoms with van der Waals surface area (Å²) in [6.07, 6.45) is 4.93. The van der Waals surface area contributed by atoms with Gasteiger partial charge >= 0.3 is 0 Å². The van der Waals surface area contributed by atoms with Crippen LogP contribution in [0.3, 0.4) is 0 Å². The largest absolute Gasteiger partial charge is 0.350 e. The third kappa shape index (κ3) is 3.13. The maximum absolute atomic E-state index is 12.1. The number of nitrogens with zero attached hydrogens (tertiary/aromatic N) is 2. The first-order chi connectivity index (χ1) is 10.2. The number of anilines is 1. The summed E-state index contributed by atoms with van der Waals surface area (Å²) in [6, 6.07) is 3.71. The molecule has 21 heavy (non-hydrogen) atoms. The van der Waals surface area contributed by atoms with Gasteiger partial charge in [-0.15, -0.1) is 11.3 Å². The Bertz CT molecular complexity index is 668. The van der Waals surface area contributed by atoms with E-state index in [4.69, 9.17) is 0 Å². The highest BCUT2D eigenvalue weighted by Gasteiger charge is 2.24. The van der Waals surface area contributed by atoms with E-state index in [-0.39, 0.29) is 17.5 Å². The summed E-state index contributed by atoms with van der Waals surface area (Å²) in [6.45, 7) is 1.39. The lowest BCUT2D eigenvalue weighted by Gasteiger charge is -2.33. The second-order valence-electron chi connectivity index (χ2n) is 4.98. The molecule has 3 rings (SSSR count). The topological polar surface area (TPSA) is 78.1 Å². The molecular formula is C14H16N4O2S. The molecule has 2 aromatic rings. The zero-order valence-electron chi connectivity index (χ0n) is 11.4. The number of hydrogen-bond acceptors (Lipinski definition) is 5. The Morgan fingerprint density at radius 1 is 1.52 bits per heavy atom. The van der Waals surface area contributed by atoms with Gasteiger partial charge in [-0.05, 0) is 24.3 Å². The number of aromatic amines is 1. The van der Waals surface area contributed by atoms with Crippen LogP contribution in [0.25, 0.3) is 0 Å². The van der Waals surface area contributed by atoms with Gasteiger partial charge in [-0.1, -0.05) is 6.07 Å². The van der Waals surface area contributed by atoms with E-state index in [9.17, 15) is 9.59 Å². The van der Waals surface area contributed by atoms with Crippen molar-refractivity contribution < 1.29 is 4.79 Å². The summed E-state index contributed by atoms with van der Waals surface area (Å²) in [4.78, 5) is 33.3. The Balaban J connectivity index is 1.68. The summed E-state index contributed by atoms with van der Waals surface area (Å²) < 4.78 is 0. The SMILES string of the molecule is O=C(N[C@H]1CCCN(c2ncc[nH]c2=O)C1)c1cccs1. The molecule has 1 saturated heterocycles. The monoisotopic (exact) mass is 304 g/mol. The number of rotatable bonds is 3. The van der Waals surface area contributed by atoms with E-state index in [0.717, 1.165) is 19.4 Å². The molecule has 110 valence electrons. The fraction of sp³-hybridized carbons (Fsp3) is 0.357. The Labute approximate surface area is 125 Å². The van der Waals surface area contributed by atoms with Gasteiger partial charge in [0.2, 0.25) is 0 Å². The third-order valence-electron chi connectivity index (χ3n) is 3.49. The standard InChI is InChI=1S/C14H16N4O2S/c19-13(11-4-2-8-21-11)17-10-3-1-7-18(9-10)12-14(20)16-6-5-15-12/h2,4-6,8,10H,1,3,7,9H2,(H,16,20)(H,17,19)/t10-/m0/s1. The lowest BCUT2D eigenvalue weighted by atomic mass is 10.1. The smallest absolute Gasteiger partial charge is 0.290 e. The van der Waals surface area contributed by atoms with Crippen molar-refractivity contribution >= 4 is 23.1 Å². The van der Waals surface area contributed by atoms with Crippen molar-refractivity contribution in [2.45, 2.75) is 18.9 Å². The van der Waals surface area contributed by atoms with E-state index in [2.05, 4.69) is 15.3 Å². The van der Waals surface area contributed by atoms with Gasteiger partial charge in [-0.25, -0.2) is 4.98 Å². The molecule has 1 amide bonds. The fourth-order valence-electron chi connectivity index (χ4n) is 2.52. The molecule has 7 heteroatoms. The Morgan fingerprint density at radius 2 is 2.43 bits per heavy atom. The summed E-state index contributed by atoms with van der Waals surface area (Å²) >= 11 is 1.43. The first kappa shape index (κ1) is 13.8. The number of aromatic nitrogens is 2. The first-order valence-electron chi connectivity index (χ1n) is 6.87. The van der Waals surface area contributed by atoms with Crippen molar-refractivity contribution in [3.05, 3.63) is 45.1 Å². The molecule has 0 saturated carbocycles. The average Bonchev–Trinajstić information content (AvgIpc) is 3.02. The maximum atomic E-state index is 12.1. The van der Waals surface area contributed by atoms with Crippen LogP contribution < -0.4 is 15.8 Å². The quantitative estimate of drug-likeness (QED) is 0.894. The molecular weight excluding hydrogens is 288 g/mol. The van der Waals surface area contributed by atoms with E-state index in [0.29, 0.717) is 17.2 Å². The van der Waals surface area contributed by atoms with Crippen LogP contribution in [0.2, 0.25) is 0 Å². The van der Waals surface area contributed by atoms with Gasteiger partial charge in [0.05, 0.1) is 4.88 Å². The lowest BCUT2D eigenvalue weighted by molar-refractivity contribution is 0.0937. The van der Waals surface area contributed by atoms with Crippen LogP contribution in [-0.4, -0.2) is 35.0 Å². The Kier molecular flexibility index (Phi) is 4.01. The highest BCUT2D eigenvalue weighted by Crippen LogP contribution is 2.15. The van der Waals surface area contributed by atoms with E-state index in [1.165, 1.54) is 17.5 Å². The fourth-order valence-corrected chi connectivity index (χ4v) is 3.15. The van der Waals surface area contributed by atoms with Crippen molar-refractivity contribution in [2.24, 2.45) is 0 Å². The summed E-state index contributed by atoms with van der Waals surface area (Å²) in [5.74, 6) is 0.374. The molecule has 0 spiro atoms. The average molecular weight is 304 g/mol. The van der Waals surface area contributed by atoms with Crippen molar-refractivity contribution in [3.63, 3.8) is 0 Å². The zero-order valence-corrected chi connectivity index (χ0v) is 12.2. The number of hydrogen-bond donors (Lipinski definition) is 2. The van der Waals surface area contributed by atoms with Gasteiger partial charge in [0.25, 0.3) is 11.5 Å². The molecule has 6 nitrogen and oxygen atoms in total. The van der Waals surface area contributed by atoms with Crippen LogP contribution in [0.15, 0.2) is 34.7 Å². The maximum Gasteiger partial charge on any atom is 0.290 e. The lowest BCUT2D eigenvalue weighted by Crippen LogP contribution is -2.49. The minimum atomic E-state index is -0.192.